The Hall–Kier alpha value is -1.93. The number of rotatable bonds is 3. The zero-order valence-corrected chi connectivity index (χ0v) is 14.3. The smallest absolute Gasteiger partial charge is 0.318 e. The molecule has 0 radical (unpaired) electrons. The standard InChI is InChI=1S/C15H20N4O3S/c1-11-4-5-14(10-12(11)2)23(20,21)19-8-6-18(7-9-19)15-17-16-13(3)22-15/h4-5,10H,6-9H2,1-3H3. The molecule has 2 heterocycles. The molecule has 1 aromatic carbocycles. The highest BCUT2D eigenvalue weighted by Crippen LogP contribution is 2.22. The number of aryl methyl sites for hydroxylation is 3. The van der Waals surface area contributed by atoms with E-state index in [2.05, 4.69) is 10.2 Å². The maximum Gasteiger partial charge on any atom is 0.318 e. The van der Waals surface area contributed by atoms with Crippen LogP contribution in [0.15, 0.2) is 27.5 Å². The molecule has 0 N–H and O–H groups in total. The molecular weight excluding hydrogens is 316 g/mol. The number of aromatic nitrogens is 2. The van der Waals surface area contributed by atoms with Gasteiger partial charge < -0.3 is 9.32 Å². The summed E-state index contributed by atoms with van der Waals surface area (Å²) in [5.41, 5.74) is 2.06. The molecule has 1 aromatic heterocycles. The molecule has 0 amide bonds. The van der Waals surface area contributed by atoms with E-state index in [1.165, 1.54) is 4.31 Å². The SMILES string of the molecule is Cc1nnc(N2CCN(S(=O)(=O)c3ccc(C)c(C)c3)CC2)o1. The van der Waals surface area contributed by atoms with Crippen LogP contribution in [0.3, 0.4) is 0 Å². The van der Waals surface area contributed by atoms with Crippen molar-refractivity contribution in [2.75, 3.05) is 31.1 Å². The molecule has 0 atom stereocenters. The molecule has 0 unspecified atom stereocenters. The number of hydrogen-bond acceptors (Lipinski definition) is 6. The Bertz CT molecular complexity index is 808. The van der Waals surface area contributed by atoms with Crippen molar-refractivity contribution >= 4 is 16.0 Å². The topological polar surface area (TPSA) is 79.5 Å². The number of piperazine rings is 1. The van der Waals surface area contributed by atoms with Crippen molar-refractivity contribution in [3.63, 3.8) is 0 Å². The second-order valence-electron chi connectivity index (χ2n) is 5.74. The zero-order chi connectivity index (χ0) is 16.6. The molecule has 8 heteroatoms. The summed E-state index contributed by atoms with van der Waals surface area (Å²) in [5, 5.41) is 7.78. The summed E-state index contributed by atoms with van der Waals surface area (Å²) in [6, 6.07) is 5.70. The van der Waals surface area contributed by atoms with Crippen LogP contribution in [0, 0.1) is 20.8 Å². The van der Waals surface area contributed by atoms with Crippen LogP contribution in [0.4, 0.5) is 6.01 Å². The van der Waals surface area contributed by atoms with Crippen LogP contribution in [0.25, 0.3) is 0 Å². The summed E-state index contributed by atoms with van der Waals surface area (Å²) in [6.07, 6.45) is 0. The van der Waals surface area contributed by atoms with Crippen molar-refractivity contribution in [2.24, 2.45) is 0 Å². The quantitative estimate of drug-likeness (QED) is 0.845. The third-order valence-corrected chi connectivity index (χ3v) is 6.04. The molecule has 1 aliphatic rings. The third-order valence-electron chi connectivity index (χ3n) is 4.14. The third kappa shape index (κ3) is 3.09. The van der Waals surface area contributed by atoms with E-state index in [1.54, 1.807) is 19.1 Å². The van der Waals surface area contributed by atoms with Gasteiger partial charge in [-0.05, 0) is 37.1 Å². The Morgan fingerprint density at radius 3 is 2.26 bits per heavy atom. The van der Waals surface area contributed by atoms with Gasteiger partial charge in [0, 0.05) is 33.1 Å². The van der Waals surface area contributed by atoms with Crippen molar-refractivity contribution in [3.8, 4) is 0 Å². The molecule has 23 heavy (non-hydrogen) atoms. The van der Waals surface area contributed by atoms with Gasteiger partial charge in [-0.15, -0.1) is 5.10 Å². The van der Waals surface area contributed by atoms with Gasteiger partial charge in [-0.2, -0.15) is 4.31 Å². The van der Waals surface area contributed by atoms with E-state index < -0.39 is 10.0 Å². The monoisotopic (exact) mass is 336 g/mol. The average molecular weight is 336 g/mol. The minimum Gasteiger partial charge on any atom is -0.408 e. The predicted octanol–water partition coefficient (Wildman–Crippen LogP) is 1.51. The summed E-state index contributed by atoms with van der Waals surface area (Å²) in [6.45, 7) is 7.49. The van der Waals surface area contributed by atoms with Gasteiger partial charge in [-0.25, -0.2) is 8.42 Å². The Morgan fingerprint density at radius 1 is 1.00 bits per heavy atom. The van der Waals surface area contributed by atoms with E-state index in [0.717, 1.165) is 11.1 Å². The van der Waals surface area contributed by atoms with Crippen molar-refractivity contribution in [1.29, 1.82) is 0 Å². The molecular formula is C15H20N4O3S. The van der Waals surface area contributed by atoms with Crippen molar-refractivity contribution in [1.82, 2.24) is 14.5 Å². The van der Waals surface area contributed by atoms with Gasteiger partial charge in [-0.1, -0.05) is 11.2 Å². The summed E-state index contributed by atoms with van der Waals surface area (Å²) in [4.78, 5) is 2.26. The molecule has 0 spiro atoms. The number of nitrogens with zero attached hydrogens (tertiary/aromatic N) is 4. The largest absolute Gasteiger partial charge is 0.408 e. The Kier molecular flexibility index (Phi) is 4.11. The molecule has 0 bridgehead atoms. The van der Waals surface area contributed by atoms with Crippen LogP contribution in [-0.4, -0.2) is 49.1 Å². The van der Waals surface area contributed by atoms with Crippen LogP contribution < -0.4 is 4.90 Å². The van der Waals surface area contributed by atoms with Crippen LogP contribution in [0.2, 0.25) is 0 Å². The van der Waals surface area contributed by atoms with Gasteiger partial charge in [0.15, 0.2) is 0 Å². The first-order valence-electron chi connectivity index (χ1n) is 7.50. The summed E-state index contributed by atoms with van der Waals surface area (Å²) in [7, 11) is -3.46. The van der Waals surface area contributed by atoms with Crippen molar-refractivity contribution in [3.05, 3.63) is 35.2 Å². The minimum atomic E-state index is -3.46. The van der Waals surface area contributed by atoms with Crippen LogP contribution in [0.5, 0.6) is 0 Å². The minimum absolute atomic E-state index is 0.350. The van der Waals surface area contributed by atoms with Crippen LogP contribution in [-0.2, 0) is 10.0 Å². The van der Waals surface area contributed by atoms with Gasteiger partial charge >= 0.3 is 6.01 Å². The fourth-order valence-electron chi connectivity index (χ4n) is 2.56. The van der Waals surface area contributed by atoms with Crippen LogP contribution in [0.1, 0.15) is 17.0 Å². The number of anilines is 1. The van der Waals surface area contributed by atoms with E-state index in [9.17, 15) is 8.42 Å². The lowest BCUT2D eigenvalue weighted by atomic mass is 10.1. The van der Waals surface area contributed by atoms with E-state index in [1.807, 2.05) is 24.8 Å². The van der Waals surface area contributed by atoms with Gasteiger partial charge in [0.2, 0.25) is 15.9 Å². The molecule has 0 aliphatic carbocycles. The fraction of sp³-hybridized carbons (Fsp3) is 0.467. The fourth-order valence-corrected chi connectivity index (χ4v) is 4.06. The molecule has 7 nitrogen and oxygen atoms in total. The predicted molar refractivity (Wildman–Crippen MR) is 85.9 cm³/mol. The highest BCUT2D eigenvalue weighted by molar-refractivity contribution is 7.89. The summed E-state index contributed by atoms with van der Waals surface area (Å²) < 4.78 is 32.4. The lowest BCUT2D eigenvalue weighted by Crippen LogP contribution is -2.48. The number of sulfonamides is 1. The maximum absolute atomic E-state index is 12.8. The lowest BCUT2D eigenvalue weighted by Gasteiger charge is -2.32. The van der Waals surface area contributed by atoms with E-state index in [-0.39, 0.29) is 0 Å². The molecule has 1 fully saturated rings. The highest BCUT2D eigenvalue weighted by atomic mass is 32.2. The Labute approximate surface area is 136 Å². The second kappa shape index (κ2) is 5.93. The van der Waals surface area contributed by atoms with Crippen LogP contribution >= 0.6 is 0 Å². The van der Waals surface area contributed by atoms with E-state index in [0.29, 0.717) is 43.0 Å². The van der Waals surface area contributed by atoms with Gasteiger partial charge in [-0.3, -0.25) is 0 Å². The summed E-state index contributed by atoms with van der Waals surface area (Å²) in [5.74, 6) is 0.505. The second-order valence-corrected chi connectivity index (χ2v) is 7.68. The van der Waals surface area contributed by atoms with Gasteiger partial charge in [0.05, 0.1) is 4.90 Å². The molecule has 1 saturated heterocycles. The van der Waals surface area contributed by atoms with E-state index >= 15 is 0 Å². The first-order chi connectivity index (χ1) is 10.9. The number of benzene rings is 1. The first-order valence-corrected chi connectivity index (χ1v) is 8.94. The Balaban J connectivity index is 1.74. The molecule has 3 rings (SSSR count). The van der Waals surface area contributed by atoms with Crippen molar-refractivity contribution < 1.29 is 12.8 Å². The first kappa shape index (κ1) is 15.9. The summed E-state index contributed by atoms with van der Waals surface area (Å²) >= 11 is 0. The molecule has 1 aliphatic heterocycles. The molecule has 0 saturated carbocycles. The van der Waals surface area contributed by atoms with Crippen molar-refractivity contribution in [2.45, 2.75) is 25.7 Å². The lowest BCUT2D eigenvalue weighted by molar-refractivity contribution is 0.370. The maximum atomic E-state index is 12.8. The zero-order valence-electron chi connectivity index (χ0n) is 13.5. The normalized spacial score (nSPS) is 16.7. The molecule has 124 valence electrons. The van der Waals surface area contributed by atoms with Gasteiger partial charge in [0.1, 0.15) is 0 Å². The molecule has 2 aromatic rings. The average Bonchev–Trinajstić information content (AvgIpc) is 2.96. The Morgan fingerprint density at radius 2 is 1.70 bits per heavy atom. The number of hydrogen-bond donors (Lipinski definition) is 0. The highest BCUT2D eigenvalue weighted by Gasteiger charge is 2.30. The van der Waals surface area contributed by atoms with E-state index in [4.69, 9.17) is 4.42 Å². The van der Waals surface area contributed by atoms with Gasteiger partial charge in [0.25, 0.3) is 0 Å².